The van der Waals surface area contributed by atoms with Gasteiger partial charge >= 0.3 is 12.5 Å². The Morgan fingerprint density at radius 2 is 1.54 bits per heavy atom. The van der Waals surface area contributed by atoms with Gasteiger partial charge in [-0.3, -0.25) is 0 Å². The van der Waals surface area contributed by atoms with Gasteiger partial charge in [0.05, 0.1) is 18.1 Å². The molecule has 0 unspecified atom stereocenters. The van der Waals surface area contributed by atoms with Crippen LogP contribution in [0.3, 0.4) is 0 Å². The van der Waals surface area contributed by atoms with E-state index in [1.807, 2.05) is 60.7 Å². The molecular weight excluding hydrogens is 419 g/mol. The number of ether oxygens (including phenoxy) is 1. The molecule has 1 aliphatic heterocycles. The van der Waals surface area contributed by atoms with Crippen molar-refractivity contribution in [2.75, 3.05) is 6.61 Å². The number of carbonyl (C=O) groups excluding carboxylic acids is 1. The van der Waals surface area contributed by atoms with Gasteiger partial charge in [-0.15, -0.1) is 10.9 Å². The Balaban J connectivity index is 2.29. The summed E-state index contributed by atoms with van der Waals surface area (Å²) in [4.78, 5) is 17.3. The van der Waals surface area contributed by atoms with Crippen molar-refractivity contribution >= 4 is 63.9 Å². The molecule has 0 saturated heterocycles. The average Bonchev–Trinajstić information content (AvgIpc) is 2.68. The molecule has 0 amide bonds. The van der Waals surface area contributed by atoms with E-state index < -0.39 is 16.2 Å². The van der Waals surface area contributed by atoms with Gasteiger partial charge in [0, 0.05) is 0 Å². The first-order valence-corrected chi connectivity index (χ1v) is 9.93. The van der Waals surface area contributed by atoms with Crippen molar-refractivity contribution < 1.29 is 14.2 Å². The monoisotopic (exact) mass is 436 g/mol. The molecule has 8 heteroatoms. The molecule has 4 nitrogen and oxygen atoms in total. The Bertz CT molecular complexity index is 885. The van der Waals surface area contributed by atoms with Crippen LogP contribution < -0.4 is 10.9 Å². The minimum absolute atomic E-state index is 0.00686. The maximum Gasteiger partial charge on any atom is 0.343 e. The number of hydrogen-bond donors (Lipinski definition) is 0. The van der Waals surface area contributed by atoms with Crippen molar-refractivity contribution in [3.05, 3.63) is 72.0 Å². The average molecular weight is 438 g/mol. The van der Waals surface area contributed by atoms with E-state index in [1.54, 1.807) is 13.8 Å². The van der Waals surface area contributed by atoms with E-state index in [4.69, 9.17) is 49.1 Å². The molecule has 2 aromatic rings. The van der Waals surface area contributed by atoms with Gasteiger partial charge in [-0.05, 0) is 13.8 Å². The summed E-state index contributed by atoms with van der Waals surface area (Å²) in [5, 5.41) is 0. The van der Waals surface area contributed by atoms with Gasteiger partial charge in [-0.2, -0.15) is 0 Å². The summed E-state index contributed by atoms with van der Waals surface area (Å²) in [5.74, 6) is -0.349. The third-order valence-corrected chi connectivity index (χ3v) is 5.03. The fourth-order valence-electron chi connectivity index (χ4n) is 3.32. The highest BCUT2D eigenvalue weighted by atomic mass is 35.6. The highest BCUT2D eigenvalue weighted by Gasteiger charge is 2.43. The lowest BCUT2D eigenvalue weighted by atomic mass is 9.42. The molecule has 0 aromatic heterocycles. The summed E-state index contributed by atoms with van der Waals surface area (Å²) in [5.41, 5.74) is 1.63. The number of halogens is 3. The zero-order valence-corrected chi connectivity index (χ0v) is 17.6. The first kappa shape index (κ1) is 20.8. The minimum atomic E-state index is -2.16. The van der Waals surface area contributed by atoms with E-state index >= 15 is 0 Å². The molecule has 146 valence electrons. The first-order valence-electron chi connectivity index (χ1n) is 8.79. The summed E-state index contributed by atoms with van der Waals surface area (Å²) in [6.07, 6.45) is 0. The van der Waals surface area contributed by atoms with Gasteiger partial charge in [-0.1, -0.05) is 95.5 Å². The highest BCUT2D eigenvalue weighted by Crippen LogP contribution is 2.37. The lowest BCUT2D eigenvalue weighted by Gasteiger charge is -2.45. The van der Waals surface area contributed by atoms with Crippen molar-refractivity contribution in [3.63, 3.8) is 0 Å². The van der Waals surface area contributed by atoms with E-state index in [-0.39, 0.29) is 17.9 Å². The second-order valence-electron chi connectivity index (χ2n) is 6.31. The van der Waals surface area contributed by atoms with Crippen LogP contribution in [0.5, 0.6) is 0 Å². The van der Waals surface area contributed by atoms with E-state index in [1.165, 1.54) is 0 Å². The van der Waals surface area contributed by atoms with Crippen molar-refractivity contribution in [1.29, 1.82) is 0 Å². The lowest BCUT2D eigenvalue weighted by molar-refractivity contribution is -0.138. The molecule has 3 rings (SSSR count). The molecule has 0 aliphatic carbocycles. The smallest absolute Gasteiger partial charge is 0.343 e. The van der Waals surface area contributed by atoms with Gasteiger partial charge < -0.3 is 14.3 Å². The van der Waals surface area contributed by atoms with Gasteiger partial charge in [0.1, 0.15) is 5.57 Å². The number of rotatable bonds is 4. The molecule has 0 spiro atoms. The Kier molecular flexibility index (Phi) is 6.08. The third-order valence-electron chi connectivity index (χ3n) is 4.50. The molecule has 0 radical (unpaired) electrons. The molecule has 0 bridgehead atoms. The number of esters is 1. The fourth-order valence-corrected chi connectivity index (χ4v) is 3.75. The predicted molar refractivity (Wildman–Crippen MR) is 116 cm³/mol. The van der Waals surface area contributed by atoms with E-state index in [9.17, 15) is 4.79 Å². The number of allylic oxidation sites excluding steroid dienone is 1. The maximum absolute atomic E-state index is 12.5. The van der Waals surface area contributed by atoms with Crippen LogP contribution in [-0.2, 0) is 14.2 Å². The van der Waals surface area contributed by atoms with Crippen molar-refractivity contribution in [2.45, 2.75) is 17.6 Å². The largest absolute Gasteiger partial charge is 0.692 e. The van der Waals surface area contributed by atoms with Crippen molar-refractivity contribution in [1.82, 2.24) is 0 Å². The van der Waals surface area contributed by atoms with E-state index in [2.05, 4.69) is 0 Å². The van der Waals surface area contributed by atoms with Crippen LogP contribution in [-0.4, -0.2) is 28.6 Å². The highest BCUT2D eigenvalue weighted by molar-refractivity contribution is 6.98. The van der Waals surface area contributed by atoms with Crippen LogP contribution in [0.4, 0.5) is 0 Å². The molecule has 0 fully saturated rings. The SMILES string of the molecule is CCOC(=O)C1=C(C)O[B-](c2ccccc2)(c2ccccc2)N=C1C(Cl)(Cl)Cl. The second-order valence-corrected chi connectivity index (χ2v) is 8.59. The molecule has 2 aromatic carbocycles. The topological polar surface area (TPSA) is 47.9 Å². The molecule has 1 aliphatic rings. The minimum Gasteiger partial charge on any atom is -0.692 e. The maximum atomic E-state index is 12.5. The Hall–Kier alpha value is -1.95. The van der Waals surface area contributed by atoms with Crippen LogP contribution in [0.15, 0.2) is 76.9 Å². The number of hydrogen-bond acceptors (Lipinski definition) is 4. The Morgan fingerprint density at radius 1 is 1.04 bits per heavy atom. The number of alkyl halides is 3. The summed E-state index contributed by atoms with van der Waals surface area (Å²) >= 11 is 18.7. The Morgan fingerprint density at radius 3 is 1.96 bits per heavy atom. The Labute approximate surface area is 179 Å². The molecule has 28 heavy (non-hydrogen) atoms. The lowest BCUT2D eigenvalue weighted by Crippen LogP contribution is -2.62. The van der Waals surface area contributed by atoms with Crippen LogP contribution in [0, 0.1) is 0 Å². The van der Waals surface area contributed by atoms with E-state index in [0.29, 0.717) is 5.76 Å². The van der Waals surface area contributed by atoms with Crippen LogP contribution in [0.25, 0.3) is 0 Å². The quantitative estimate of drug-likeness (QED) is 0.414. The molecular formula is C20H18BCl3NO3-. The zero-order chi connectivity index (χ0) is 20.4. The zero-order valence-electron chi connectivity index (χ0n) is 15.4. The normalized spacial score (nSPS) is 16.2. The fraction of sp³-hybridized carbons (Fsp3) is 0.200. The second kappa shape index (κ2) is 8.20. The number of carbonyl (C=O) groups is 1. The van der Waals surface area contributed by atoms with Crippen molar-refractivity contribution in [2.24, 2.45) is 4.90 Å². The first-order chi connectivity index (χ1) is 13.3. The summed E-state index contributed by atoms with van der Waals surface area (Å²) in [6.45, 7) is 1.37. The predicted octanol–water partition coefficient (Wildman–Crippen LogP) is 3.92. The van der Waals surface area contributed by atoms with Crippen molar-refractivity contribution in [3.8, 4) is 0 Å². The van der Waals surface area contributed by atoms with Gasteiger partial charge in [0.25, 0.3) is 0 Å². The summed E-state index contributed by atoms with van der Waals surface area (Å²) < 4.78 is 9.52. The molecule has 0 saturated carbocycles. The van der Waals surface area contributed by atoms with E-state index in [0.717, 1.165) is 10.9 Å². The number of benzene rings is 2. The summed E-state index contributed by atoms with van der Waals surface area (Å²) in [6, 6.07) is 18.9. The number of nitrogens with zero attached hydrogens (tertiary/aromatic N) is 1. The summed E-state index contributed by atoms with van der Waals surface area (Å²) in [7, 11) is 0. The van der Waals surface area contributed by atoms with Gasteiger partial charge in [0.15, 0.2) is 0 Å². The molecule has 1 heterocycles. The van der Waals surface area contributed by atoms with Gasteiger partial charge in [0.2, 0.25) is 3.79 Å². The van der Waals surface area contributed by atoms with Gasteiger partial charge in [-0.25, -0.2) is 4.79 Å². The van der Waals surface area contributed by atoms with Crippen LogP contribution in [0.1, 0.15) is 13.8 Å². The third kappa shape index (κ3) is 3.93. The molecule has 0 N–H and O–H groups in total. The van der Waals surface area contributed by atoms with Crippen LogP contribution >= 0.6 is 34.8 Å². The molecule has 0 atom stereocenters. The standard InChI is InChI=1S/C20H18BCl3NO3/c1-3-27-19(26)17-14(2)28-21(15-10-6-4-7-11-15,16-12-8-5-9-13-16)25-18(17)20(22,23)24/h4-13H,3H2,1-2H3/q-1. The van der Waals surface area contributed by atoms with Crippen LogP contribution in [0.2, 0.25) is 0 Å².